The van der Waals surface area contributed by atoms with Crippen molar-refractivity contribution in [2.24, 2.45) is 0 Å². The number of alkyl halides is 2. The summed E-state index contributed by atoms with van der Waals surface area (Å²) in [6.45, 7) is 1.98. The Bertz CT molecular complexity index is 1390. The Morgan fingerprint density at radius 3 is 2.74 bits per heavy atom. The van der Waals surface area contributed by atoms with Gasteiger partial charge in [0.15, 0.2) is 0 Å². The maximum atomic E-state index is 13.0. The number of H-pyrrole nitrogens is 1. The second-order valence-electron chi connectivity index (χ2n) is 8.75. The number of pyridine rings is 1. The molecule has 0 radical (unpaired) electrons. The number of hydrogen-bond acceptors (Lipinski definition) is 5. The van der Waals surface area contributed by atoms with E-state index in [1.807, 2.05) is 24.4 Å². The first-order chi connectivity index (χ1) is 16.8. The van der Waals surface area contributed by atoms with Crippen LogP contribution >= 0.6 is 11.3 Å². The highest BCUT2D eigenvalue weighted by Gasteiger charge is 2.46. The first-order valence-electron chi connectivity index (χ1n) is 11.3. The van der Waals surface area contributed by atoms with Crippen molar-refractivity contribution >= 4 is 34.1 Å². The largest absolute Gasteiger partial charge is 0.348 e. The monoisotopic (exact) mass is 495 g/mol. The van der Waals surface area contributed by atoms with Crippen molar-refractivity contribution in [2.45, 2.75) is 44.2 Å². The zero-order valence-corrected chi connectivity index (χ0v) is 19.7. The Morgan fingerprint density at radius 2 is 1.97 bits per heavy atom. The maximum absolute atomic E-state index is 13.0. The van der Waals surface area contributed by atoms with Crippen LogP contribution in [0.4, 0.5) is 8.78 Å². The molecular weight excluding hydrogens is 472 g/mol. The Kier molecular flexibility index (Phi) is 6.06. The van der Waals surface area contributed by atoms with E-state index in [1.165, 1.54) is 11.3 Å². The average Bonchev–Trinajstić information content (AvgIpc) is 3.50. The number of nitrogens with one attached hydrogen (secondary N) is 3. The van der Waals surface area contributed by atoms with Crippen LogP contribution in [0, 0.1) is 0 Å². The van der Waals surface area contributed by atoms with Crippen LogP contribution < -0.4 is 10.6 Å². The molecular formula is C25H23F2N5O2S. The van der Waals surface area contributed by atoms with Gasteiger partial charge in [-0.2, -0.15) is 5.10 Å². The molecule has 5 rings (SSSR count). The quantitative estimate of drug-likeness (QED) is 0.332. The highest BCUT2D eigenvalue weighted by Crippen LogP contribution is 2.37. The predicted molar refractivity (Wildman–Crippen MR) is 130 cm³/mol. The zero-order valence-electron chi connectivity index (χ0n) is 18.8. The van der Waals surface area contributed by atoms with Gasteiger partial charge in [-0.15, -0.1) is 11.3 Å². The molecule has 1 unspecified atom stereocenters. The van der Waals surface area contributed by atoms with Crippen LogP contribution in [0.25, 0.3) is 22.0 Å². The smallest absolute Gasteiger partial charge is 0.261 e. The molecule has 2 amide bonds. The molecule has 0 saturated heterocycles. The molecule has 180 valence electrons. The number of aromatic nitrogens is 3. The van der Waals surface area contributed by atoms with Gasteiger partial charge >= 0.3 is 0 Å². The second kappa shape index (κ2) is 9.18. The summed E-state index contributed by atoms with van der Waals surface area (Å²) in [5.41, 5.74) is 3.86. The third kappa shape index (κ3) is 4.93. The third-order valence-corrected chi connectivity index (χ3v) is 7.09. The van der Waals surface area contributed by atoms with Crippen molar-refractivity contribution in [1.29, 1.82) is 0 Å². The summed E-state index contributed by atoms with van der Waals surface area (Å²) in [6, 6.07) is 8.29. The summed E-state index contributed by atoms with van der Waals surface area (Å²) in [7, 11) is 0. The molecule has 1 fully saturated rings. The second-order valence-corrected chi connectivity index (χ2v) is 9.66. The molecule has 1 aromatic carbocycles. The number of carbonyl (C=O) groups excluding carboxylic acids is 2. The molecule has 35 heavy (non-hydrogen) atoms. The fourth-order valence-corrected chi connectivity index (χ4v) is 5.00. The molecule has 0 aliphatic heterocycles. The van der Waals surface area contributed by atoms with Gasteiger partial charge in [0.2, 0.25) is 0 Å². The lowest BCUT2D eigenvalue weighted by molar-refractivity contribution is -0.0901. The van der Waals surface area contributed by atoms with Crippen molar-refractivity contribution in [1.82, 2.24) is 25.8 Å². The molecule has 1 atom stereocenters. The van der Waals surface area contributed by atoms with E-state index in [0.29, 0.717) is 16.9 Å². The van der Waals surface area contributed by atoms with Crippen LogP contribution in [-0.4, -0.2) is 39.0 Å². The van der Waals surface area contributed by atoms with E-state index in [1.54, 1.807) is 36.8 Å². The minimum absolute atomic E-state index is 0.193. The molecule has 10 heteroatoms. The van der Waals surface area contributed by atoms with Gasteiger partial charge in [0.1, 0.15) is 0 Å². The average molecular weight is 496 g/mol. The Morgan fingerprint density at radius 1 is 1.14 bits per heavy atom. The van der Waals surface area contributed by atoms with Gasteiger partial charge in [-0.05, 0) is 53.3 Å². The topological polar surface area (TPSA) is 99.8 Å². The molecule has 3 aromatic heterocycles. The number of carbonyl (C=O) groups is 2. The van der Waals surface area contributed by atoms with Crippen LogP contribution in [0.5, 0.6) is 0 Å². The molecule has 1 saturated carbocycles. The van der Waals surface area contributed by atoms with Gasteiger partial charge in [0.25, 0.3) is 17.7 Å². The van der Waals surface area contributed by atoms with Crippen molar-refractivity contribution < 1.29 is 18.4 Å². The summed E-state index contributed by atoms with van der Waals surface area (Å²) in [6.07, 6.45) is 5.11. The lowest BCUT2D eigenvalue weighted by Gasteiger charge is -2.35. The SMILES string of the molecule is CCC(NC(=O)c1ccc2[nH]ncc2c1)c1cncc(-c2csc(C(=O)NC3CC(F)(F)C3)c2)c1. The summed E-state index contributed by atoms with van der Waals surface area (Å²) in [5.74, 6) is -3.22. The summed E-state index contributed by atoms with van der Waals surface area (Å²) >= 11 is 1.25. The number of rotatable bonds is 7. The van der Waals surface area contributed by atoms with Crippen LogP contribution in [0.1, 0.15) is 57.8 Å². The van der Waals surface area contributed by atoms with Crippen molar-refractivity contribution in [3.05, 3.63) is 70.3 Å². The van der Waals surface area contributed by atoms with Crippen LogP contribution in [-0.2, 0) is 0 Å². The van der Waals surface area contributed by atoms with Crippen LogP contribution in [0.2, 0.25) is 0 Å². The van der Waals surface area contributed by atoms with Crippen molar-refractivity contribution in [3.8, 4) is 11.1 Å². The molecule has 1 aliphatic carbocycles. The van der Waals surface area contributed by atoms with Crippen molar-refractivity contribution in [2.75, 3.05) is 0 Å². The van der Waals surface area contributed by atoms with Gasteiger partial charge in [-0.1, -0.05) is 6.92 Å². The van der Waals surface area contributed by atoms with E-state index in [9.17, 15) is 18.4 Å². The van der Waals surface area contributed by atoms with Gasteiger partial charge in [-0.25, -0.2) is 8.78 Å². The molecule has 7 nitrogen and oxygen atoms in total. The van der Waals surface area contributed by atoms with E-state index < -0.39 is 12.0 Å². The Labute approximate surface area is 204 Å². The maximum Gasteiger partial charge on any atom is 0.261 e. The third-order valence-electron chi connectivity index (χ3n) is 6.16. The number of nitrogens with zero attached hydrogens (tertiary/aromatic N) is 2. The number of hydrogen-bond donors (Lipinski definition) is 3. The first-order valence-corrected chi connectivity index (χ1v) is 12.2. The fraction of sp³-hybridized carbons (Fsp3) is 0.280. The number of aromatic amines is 1. The fourth-order valence-electron chi connectivity index (χ4n) is 4.18. The van der Waals surface area contributed by atoms with Gasteiger partial charge < -0.3 is 10.6 Å². The molecule has 4 aromatic rings. The van der Waals surface area contributed by atoms with Crippen molar-refractivity contribution in [3.63, 3.8) is 0 Å². The van der Waals surface area contributed by atoms with Crippen LogP contribution in [0.3, 0.4) is 0 Å². The molecule has 1 aliphatic rings. The molecule has 0 spiro atoms. The van der Waals surface area contributed by atoms with Gasteiger partial charge in [0, 0.05) is 47.8 Å². The molecule has 3 N–H and O–H groups in total. The van der Waals surface area contributed by atoms with E-state index >= 15 is 0 Å². The lowest BCUT2D eigenvalue weighted by Crippen LogP contribution is -2.50. The van der Waals surface area contributed by atoms with Gasteiger partial charge in [-0.3, -0.25) is 19.7 Å². The standard InChI is InChI=1S/C25H23F2N5O2S/c1-2-20(31-23(33)14-3-4-21-17(5-14)12-29-32-21)16-6-15(10-28-11-16)18-7-22(35-13-18)24(34)30-19-8-25(26,27)9-19/h3-7,10-13,19-20H,2,8-9H2,1H3,(H,29,32)(H,30,34)(H,31,33). The predicted octanol–water partition coefficient (Wildman–Crippen LogP) is 5.10. The van der Waals surface area contributed by atoms with E-state index in [2.05, 4.69) is 25.8 Å². The first kappa shape index (κ1) is 23.1. The van der Waals surface area contributed by atoms with Gasteiger partial charge in [0.05, 0.1) is 22.6 Å². The number of halogens is 2. The number of fused-ring (bicyclic) bond motifs is 1. The summed E-state index contributed by atoms with van der Waals surface area (Å²) in [5, 5.41) is 15.3. The van der Waals surface area contributed by atoms with Crippen LogP contribution in [0.15, 0.2) is 54.3 Å². The zero-order chi connectivity index (χ0) is 24.6. The normalized spacial score (nSPS) is 16.0. The number of amides is 2. The van der Waals surface area contributed by atoms with E-state index in [0.717, 1.165) is 27.6 Å². The minimum Gasteiger partial charge on any atom is -0.348 e. The van der Waals surface area contributed by atoms with E-state index in [4.69, 9.17) is 0 Å². The molecule has 0 bridgehead atoms. The minimum atomic E-state index is -2.68. The lowest BCUT2D eigenvalue weighted by atomic mass is 9.88. The highest BCUT2D eigenvalue weighted by molar-refractivity contribution is 7.12. The Balaban J connectivity index is 1.28. The summed E-state index contributed by atoms with van der Waals surface area (Å²) in [4.78, 5) is 30.1. The Hall–Kier alpha value is -3.66. The summed E-state index contributed by atoms with van der Waals surface area (Å²) < 4.78 is 26.1. The van der Waals surface area contributed by atoms with E-state index in [-0.39, 0.29) is 30.7 Å². The number of benzene rings is 1. The molecule has 3 heterocycles. The highest BCUT2D eigenvalue weighted by atomic mass is 32.1. The number of thiophene rings is 1.